The molecule has 0 bridgehead atoms. The molecule has 1 aromatic carbocycles. The van der Waals surface area contributed by atoms with Gasteiger partial charge in [0.1, 0.15) is 6.07 Å². The lowest BCUT2D eigenvalue weighted by Crippen LogP contribution is -2.11. The number of anilines is 1. The van der Waals surface area contributed by atoms with E-state index in [4.69, 9.17) is 5.26 Å². The Morgan fingerprint density at radius 3 is 2.82 bits per heavy atom. The summed E-state index contributed by atoms with van der Waals surface area (Å²) in [5.41, 5.74) is 0.970. The van der Waals surface area contributed by atoms with Gasteiger partial charge in [-0.1, -0.05) is 12.1 Å². The smallest absolute Gasteiger partial charge is 0.265 e. The Kier molecular flexibility index (Phi) is 3.47. The van der Waals surface area contributed by atoms with Gasteiger partial charge in [0.15, 0.2) is 0 Å². The molecule has 0 saturated carbocycles. The summed E-state index contributed by atoms with van der Waals surface area (Å²) in [6.07, 6.45) is 0. The Morgan fingerprint density at radius 2 is 2.18 bits per heavy atom. The van der Waals surface area contributed by atoms with Crippen LogP contribution in [0, 0.1) is 11.3 Å². The van der Waals surface area contributed by atoms with Crippen molar-refractivity contribution in [3.05, 3.63) is 46.2 Å². The molecule has 0 fully saturated rings. The summed E-state index contributed by atoms with van der Waals surface area (Å²) in [5.74, 6) is -0.224. The summed E-state index contributed by atoms with van der Waals surface area (Å²) in [5, 5.41) is 13.4. The molecule has 2 aromatic rings. The van der Waals surface area contributed by atoms with Crippen LogP contribution in [0.15, 0.2) is 40.6 Å². The lowest BCUT2D eigenvalue weighted by atomic mass is 10.2. The van der Waals surface area contributed by atoms with E-state index in [1.807, 2.05) is 6.07 Å². The molecule has 0 spiro atoms. The number of amides is 1. The lowest BCUT2D eigenvalue weighted by Gasteiger charge is -2.04. The molecule has 0 unspecified atom stereocenters. The van der Waals surface area contributed by atoms with E-state index in [1.165, 1.54) is 11.3 Å². The molecular formula is C12H8N2OS2. The maximum Gasteiger partial charge on any atom is 0.265 e. The second-order valence-corrected chi connectivity index (χ2v) is 4.71. The van der Waals surface area contributed by atoms with Gasteiger partial charge in [-0.05, 0) is 18.2 Å². The number of carbonyl (C=O) groups excluding carboxylic acids is 1. The second kappa shape index (κ2) is 5.04. The van der Waals surface area contributed by atoms with Gasteiger partial charge < -0.3 is 5.32 Å². The van der Waals surface area contributed by atoms with Crippen LogP contribution in [0.1, 0.15) is 15.2 Å². The number of benzene rings is 1. The predicted molar refractivity (Wildman–Crippen MR) is 70.7 cm³/mol. The Hall–Kier alpha value is -1.77. The topological polar surface area (TPSA) is 52.9 Å². The van der Waals surface area contributed by atoms with Crippen molar-refractivity contribution in [2.24, 2.45) is 0 Å². The van der Waals surface area contributed by atoms with Gasteiger partial charge in [-0.15, -0.1) is 24.0 Å². The number of nitrogens with zero attached hydrogens (tertiary/aromatic N) is 1. The van der Waals surface area contributed by atoms with Crippen molar-refractivity contribution in [3.63, 3.8) is 0 Å². The van der Waals surface area contributed by atoms with Crippen molar-refractivity contribution in [2.75, 3.05) is 5.32 Å². The highest BCUT2D eigenvalue weighted by Gasteiger charge is 2.10. The molecular weight excluding hydrogens is 252 g/mol. The number of rotatable bonds is 2. The van der Waals surface area contributed by atoms with E-state index in [1.54, 1.807) is 35.7 Å². The third-order valence-corrected chi connectivity index (χ3v) is 3.47. The molecule has 0 atom stereocenters. The molecule has 0 aliphatic rings. The molecule has 0 radical (unpaired) electrons. The van der Waals surface area contributed by atoms with Crippen LogP contribution in [0.4, 0.5) is 5.69 Å². The molecule has 1 amide bonds. The molecule has 1 aromatic heterocycles. The van der Waals surface area contributed by atoms with E-state index in [-0.39, 0.29) is 5.91 Å². The average molecular weight is 260 g/mol. The standard InChI is InChI=1S/C12H8N2OS2/c13-6-8-3-1-2-4-10(8)14-12(15)11-5-9(16)7-17-11/h1-5,7,16H,(H,14,15). The molecule has 0 aliphatic heterocycles. The molecule has 84 valence electrons. The van der Waals surface area contributed by atoms with E-state index >= 15 is 0 Å². The summed E-state index contributed by atoms with van der Waals surface area (Å²) in [6.45, 7) is 0. The van der Waals surface area contributed by atoms with Gasteiger partial charge in [0.25, 0.3) is 5.91 Å². The number of nitrogens with one attached hydrogen (secondary N) is 1. The zero-order valence-corrected chi connectivity index (χ0v) is 10.4. The fraction of sp³-hybridized carbons (Fsp3) is 0. The fourth-order valence-corrected chi connectivity index (χ4v) is 2.36. The van der Waals surface area contributed by atoms with E-state index < -0.39 is 0 Å². The molecule has 0 saturated heterocycles. The predicted octanol–water partition coefficient (Wildman–Crippen LogP) is 3.16. The summed E-state index contributed by atoms with van der Waals surface area (Å²) >= 11 is 5.46. The highest BCUT2D eigenvalue weighted by Crippen LogP contribution is 2.20. The van der Waals surface area contributed by atoms with Crippen LogP contribution in [0.2, 0.25) is 0 Å². The minimum Gasteiger partial charge on any atom is -0.320 e. The fourth-order valence-electron chi connectivity index (χ4n) is 1.32. The maximum absolute atomic E-state index is 11.9. The van der Waals surface area contributed by atoms with Crippen molar-refractivity contribution < 1.29 is 4.79 Å². The van der Waals surface area contributed by atoms with Gasteiger partial charge in [0.05, 0.1) is 16.1 Å². The number of thiol groups is 1. The first-order chi connectivity index (χ1) is 8.20. The van der Waals surface area contributed by atoms with Gasteiger partial charge >= 0.3 is 0 Å². The van der Waals surface area contributed by atoms with Crippen molar-refractivity contribution >= 4 is 35.6 Å². The Labute approximate surface area is 108 Å². The van der Waals surface area contributed by atoms with Crippen LogP contribution < -0.4 is 5.32 Å². The van der Waals surface area contributed by atoms with E-state index in [0.717, 1.165) is 4.90 Å². The number of hydrogen-bond acceptors (Lipinski definition) is 4. The minimum atomic E-state index is -0.224. The quantitative estimate of drug-likeness (QED) is 0.815. The zero-order chi connectivity index (χ0) is 12.3. The molecule has 0 aliphatic carbocycles. The zero-order valence-electron chi connectivity index (χ0n) is 8.68. The first-order valence-electron chi connectivity index (χ1n) is 4.78. The van der Waals surface area contributed by atoms with Gasteiger partial charge in [-0.2, -0.15) is 5.26 Å². The van der Waals surface area contributed by atoms with E-state index in [2.05, 4.69) is 17.9 Å². The monoisotopic (exact) mass is 260 g/mol. The van der Waals surface area contributed by atoms with Crippen LogP contribution in [-0.2, 0) is 0 Å². The minimum absolute atomic E-state index is 0.224. The SMILES string of the molecule is N#Cc1ccccc1NC(=O)c1cc(S)cs1. The van der Waals surface area contributed by atoms with E-state index in [0.29, 0.717) is 16.1 Å². The van der Waals surface area contributed by atoms with Crippen LogP contribution in [0.5, 0.6) is 0 Å². The van der Waals surface area contributed by atoms with E-state index in [9.17, 15) is 4.79 Å². The van der Waals surface area contributed by atoms with Crippen molar-refractivity contribution in [1.29, 1.82) is 5.26 Å². The summed E-state index contributed by atoms with van der Waals surface area (Å²) in [7, 11) is 0. The highest BCUT2D eigenvalue weighted by molar-refractivity contribution is 7.80. The molecule has 1 N–H and O–H groups in total. The molecule has 17 heavy (non-hydrogen) atoms. The first kappa shape index (κ1) is 11.7. The van der Waals surface area contributed by atoms with Crippen LogP contribution in [0.3, 0.4) is 0 Å². The number of hydrogen-bond donors (Lipinski definition) is 2. The van der Waals surface area contributed by atoms with Gasteiger partial charge in [0, 0.05) is 10.3 Å². The Morgan fingerprint density at radius 1 is 1.41 bits per heavy atom. The van der Waals surface area contributed by atoms with Crippen LogP contribution in [0.25, 0.3) is 0 Å². The lowest BCUT2D eigenvalue weighted by molar-refractivity contribution is 0.103. The molecule has 5 heteroatoms. The van der Waals surface area contributed by atoms with Gasteiger partial charge in [0.2, 0.25) is 0 Å². The van der Waals surface area contributed by atoms with Crippen LogP contribution in [-0.4, -0.2) is 5.91 Å². The average Bonchev–Trinajstić information content (AvgIpc) is 2.77. The van der Waals surface area contributed by atoms with Crippen molar-refractivity contribution in [3.8, 4) is 6.07 Å². The largest absolute Gasteiger partial charge is 0.320 e. The Bertz CT molecular complexity index is 599. The Balaban J connectivity index is 2.22. The molecule has 3 nitrogen and oxygen atoms in total. The summed E-state index contributed by atoms with van der Waals surface area (Å²) < 4.78 is 0. The van der Waals surface area contributed by atoms with Crippen molar-refractivity contribution in [2.45, 2.75) is 4.90 Å². The molecule has 2 rings (SSSR count). The highest BCUT2D eigenvalue weighted by atomic mass is 32.1. The second-order valence-electron chi connectivity index (χ2n) is 3.28. The third kappa shape index (κ3) is 2.67. The van der Waals surface area contributed by atoms with Crippen molar-refractivity contribution in [1.82, 2.24) is 0 Å². The number of thiophene rings is 1. The first-order valence-corrected chi connectivity index (χ1v) is 6.11. The number of carbonyl (C=O) groups is 1. The van der Waals surface area contributed by atoms with Gasteiger partial charge in [-0.25, -0.2) is 0 Å². The summed E-state index contributed by atoms with van der Waals surface area (Å²) in [4.78, 5) is 13.2. The third-order valence-electron chi connectivity index (χ3n) is 2.11. The number of para-hydroxylation sites is 1. The summed E-state index contributed by atoms with van der Waals surface area (Å²) in [6, 6.07) is 10.6. The molecule has 1 heterocycles. The number of nitriles is 1. The maximum atomic E-state index is 11.9. The van der Waals surface area contributed by atoms with Crippen LogP contribution >= 0.6 is 24.0 Å². The van der Waals surface area contributed by atoms with Gasteiger partial charge in [-0.3, -0.25) is 4.79 Å². The normalized spacial score (nSPS) is 9.65.